The average Bonchev–Trinajstić information content (AvgIpc) is 3.00. The molecule has 0 atom stereocenters. The van der Waals surface area contributed by atoms with Gasteiger partial charge in [-0.3, -0.25) is 0 Å². The second kappa shape index (κ2) is 3.77. The number of benzene rings is 1. The number of aldehydes is 1. The summed E-state index contributed by atoms with van der Waals surface area (Å²) in [5, 5.41) is 0. The molecule has 1 aromatic carbocycles. The van der Waals surface area contributed by atoms with E-state index in [4.69, 9.17) is 0 Å². The van der Waals surface area contributed by atoms with E-state index in [1.54, 1.807) is 0 Å². The van der Waals surface area contributed by atoms with Crippen molar-refractivity contribution in [2.45, 2.75) is 30.1 Å². The van der Waals surface area contributed by atoms with Gasteiger partial charge in [0.2, 0.25) is 0 Å². The Hall–Kier alpha value is -0.760. The average molecular weight is 206 g/mol. The Morgan fingerprint density at radius 3 is 2.71 bits per heavy atom. The third-order valence-electron chi connectivity index (χ3n) is 2.74. The third kappa shape index (κ3) is 1.59. The first-order valence-corrected chi connectivity index (χ1v) is 5.99. The van der Waals surface area contributed by atoms with Gasteiger partial charge in [0.25, 0.3) is 0 Å². The fourth-order valence-electron chi connectivity index (χ4n) is 1.74. The van der Waals surface area contributed by atoms with E-state index in [1.807, 2.05) is 23.9 Å². The molecule has 0 radical (unpaired) electrons. The van der Waals surface area contributed by atoms with Gasteiger partial charge in [-0.1, -0.05) is 25.1 Å². The lowest BCUT2D eigenvalue weighted by atomic mass is 9.98. The lowest BCUT2D eigenvalue weighted by molar-refractivity contribution is -0.109. The van der Waals surface area contributed by atoms with Crippen molar-refractivity contribution in [3.63, 3.8) is 0 Å². The molecule has 1 saturated carbocycles. The lowest BCUT2D eigenvalue weighted by Crippen LogP contribution is -2.09. The van der Waals surface area contributed by atoms with E-state index >= 15 is 0 Å². The number of carbonyl (C=O) groups excluding carboxylic acids is 1. The van der Waals surface area contributed by atoms with Crippen molar-refractivity contribution in [1.29, 1.82) is 0 Å². The SMILES string of the molecule is CCSc1ccccc1C1(C=O)CC1. The fraction of sp³-hybridized carbons (Fsp3) is 0.417. The molecule has 2 heteroatoms. The maximum Gasteiger partial charge on any atom is 0.130 e. The fourth-order valence-corrected chi connectivity index (χ4v) is 2.66. The molecule has 0 N–H and O–H groups in total. The van der Waals surface area contributed by atoms with Crippen LogP contribution >= 0.6 is 11.8 Å². The Bertz CT molecular complexity index is 342. The summed E-state index contributed by atoms with van der Waals surface area (Å²) < 4.78 is 0. The standard InChI is InChI=1S/C12H14OS/c1-2-14-11-6-4-3-5-10(11)12(9-13)7-8-12/h3-6,9H,2,7-8H2,1H3. The van der Waals surface area contributed by atoms with Crippen LogP contribution in [-0.2, 0) is 10.2 Å². The van der Waals surface area contributed by atoms with Crippen molar-refractivity contribution in [2.75, 3.05) is 5.75 Å². The van der Waals surface area contributed by atoms with Gasteiger partial charge in [-0.25, -0.2) is 0 Å². The molecule has 0 aromatic heterocycles. The maximum atomic E-state index is 11.0. The number of hydrogen-bond acceptors (Lipinski definition) is 2. The van der Waals surface area contributed by atoms with E-state index < -0.39 is 0 Å². The predicted octanol–water partition coefficient (Wildman–Crippen LogP) is 3.03. The van der Waals surface area contributed by atoms with Crippen molar-refractivity contribution >= 4 is 18.0 Å². The van der Waals surface area contributed by atoms with Crippen molar-refractivity contribution in [3.05, 3.63) is 29.8 Å². The number of carbonyl (C=O) groups is 1. The van der Waals surface area contributed by atoms with E-state index in [9.17, 15) is 4.79 Å². The molecule has 1 aliphatic rings. The number of thioether (sulfide) groups is 1. The maximum absolute atomic E-state index is 11.0. The van der Waals surface area contributed by atoms with Gasteiger partial charge >= 0.3 is 0 Å². The minimum Gasteiger partial charge on any atom is -0.302 e. The van der Waals surface area contributed by atoms with Crippen LogP contribution in [0.1, 0.15) is 25.3 Å². The molecule has 1 aliphatic carbocycles. The Balaban J connectivity index is 2.36. The zero-order valence-corrected chi connectivity index (χ0v) is 9.14. The molecular weight excluding hydrogens is 192 g/mol. The normalized spacial score (nSPS) is 17.8. The highest BCUT2D eigenvalue weighted by Crippen LogP contribution is 2.49. The van der Waals surface area contributed by atoms with Crippen LogP contribution in [0.3, 0.4) is 0 Å². The van der Waals surface area contributed by atoms with Gasteiger partial charge in [0, 0.05) is 4.90 Å². The highest BCUT2D eigenvalue weighted by Gasteiger charge is 2.45. The van der Waals surface area contributed by atoms with Crippen LogP contribution in [0.25, 0.3) is 0 Å². The minimum atomic E-state index is -0.126. The molecule has 2 rings (SSSR count). The molecule has 1 fully saturated rings. The Morgan fingerprint density at radius 2 is 2.14 bits per heavy atom. The topological polar surface area (TPSA) is 17.1 Å². The monoisotopic (exact) mass is 206 g/mol. The van der Waals surface area contributed by atoms with Gasteiger partial charge < -0.3 is 4.79 Å². The highest BCUT2D eigenvalue weighted by molar-refractivity contribution is 7.99. The zero-order valence-electron chi connectivity index (χ0n) is 8.32. The van der Waals surface area contributed by atoms with Crippen molar-refractivity contribution < 1.29 is 4.79 Å². The van der Waals surface area contributed by atoms with Crippen LogP contribution in [0.4, 0.5) is 0 Å². The third-order valence-corrected chi connectivity index (χ3v) is 3.69. The van der Waals surface area contributed by atoms with E-state index in [0.717, 1.165) is 24.9 Å². The van der Waals surface area contributed by atoms with Crippen LogP contribution in [0, 0.1) is 0 Å². The molecule has 74 valence electrons. The second-order valence-corrected chi connectivity index (χ2v) is 5.01. The lowest BCUT2D eigenvalue weighted by Gasteiger charge is -2.12. The van der Waals surface area contributed by atoms with E-state index in [-0.39, 0.29) is 5.41 Å². The van der Waals surface area contributed by atoms with E-state index in [1.165, 1.54) is 10.5 Å². The molecule has 0 heterocycles. The van der Waals surface area contributed by atoms with Crippen LogP contribution < -0.4 is 0 Å². The summed E-state index contributed by atoms with van der Waals surface area (Å²) in [6.45, 7) is 2.14. The second-order valence-electron chi connectivity index (χ2n) is 3.70. The number of hydrogen-bond donors (Lipinski definition) is 0. The van der Waals surface area contributed by atoms with Crippen LogP contribution in [-0.4, -0.2) is 12.0 Å². The summed E-state index contributed by atoms with van der Waals surface area (Å²) >= 11 is 1.83. The van der Waals surface area contributed by atoms with E-state index in [2.05, 4.69) is 19.1 Å². The summed E-state index contributed by atoms with van der Waals surface area (Å²) in [5.74, 6) is 1.06. The molecule has 0 unspecified atom stereocenters. The van der Waals surface area contributed by atoms with E-state index in [0.29, 0.717) is 0 Å². The Labute approximate surface area is 88.9 Å². The van der Waals surface area contributed by atoms with Crippen LogP contribution in [0.5, 0.6) is 0 Å². The Morgan fingerprint density at radius 1 is 1.43 bits per heavy atom. The van der Waals surface area contributed by atoms with Gasteiger partial charge in [0.15, 0.2) is 0 Å². The highest BCUT2D eigenvalue weighted by atomic mass is 32.2. The largest absolute Gasteiger partial charge is 0.302 e. The van der Waals surface area contributed by atoms with Gasteiger partial charge in [-0.15, -0.1) is 11.8 Å². The summed E-state index contributed by atoms with van der Waals surface area (Å²) in [7, 11) is 0. The molecule has 0 spiro atoms. The minimum absolute atomic E-state index is 0.126. The summed E-state index contributed by atoms with van der Waals surface area (Å²) in [5.41, 5.74) is 1.11. The first-order valence-electron chi connectivity index (χ1n) is 5.01. The van der Waals surface area contributed by atoms with Gasteiger partial charge in [-0.05, 0) is 30.2 Å². The predicted molar refractivity (Wildman–Crippen MR) is 59.8 cm³/mol. The van der Waals surface area contributed by atoms with Crippen molar-refractivity contribution in [2.24, 2.45) is 0 Å². The molecular formula is C12H14OS. The molecule has 0 saturated heterocycles. The molecule has 1 nitrogen and oxygen atoms in total. The summed E-state index contributed by atoms with van der Waals surface area (Å²) in [6.07, 6.45) is 3.18. The first kappa shape index (κ1) is 9.78. The van der Waals surface area contributed by atoms with Gasteiger partial charge in [0.05, 0.1) is 5.41 Å². The summed E-state index contributed by atoms with van der Waals surface area (Å²) in [6, 6.07) is 8.29. The van der Waals surface area contributed by atoms with Crippen molar-refractivity contribution in [3.8, 4) is 0 Å². The quantitative estimate of drug-likeness (QED) is 0.556. The van der Waals surface area contributed by atoms with Gasteiger partial charge in [-0.2, -0.15) is 0 Å². The Kier molecular flexibility index (Phi) is 2.64. The van der Waals surface area contributed by atoms with Crippen molar-refractivity contribution in [1.82, 2.24) is 0 Å². The number of rotatable bonds is 4. The first-order chi connectivity index (χ1) is 6.82. The van der Waals surface area contributed by atoms with Crippen LogP contribution in [0.2, 0.25) is 0 Å². The smallest absolute Gasteiger partial charge is 0.130 e. The molecule has 0 bridgehead atoms. The molecule has 1 aromatic rings. The van der Waals surface area contributed by atoms with Crippen LogP contribution in [0.15, 0.2) is 29.2 Å². The summed E-state index contributed by atoms with van der Waals surface area (Å²) in [4.78, 5) is 12.3. The molecule has 0 aliphatic heterocycles. The molecule has 0 amide bonds. The zero-order chi connectivity index (χ0) is 10.0. The molecule has 14 heavy (non-hydrogen) atoms. The van der Waals surface area contributed by atoms with Gasteiger partial charge in [0.1, 0.15) is 6.29 Å².